The van der Waals surface area contributed by atoms with Gasteiger partial charge < -0.3 is 10.5 Å². The van der Waals surface area contributed by atoms with Crippen LogP contribution < -0.4 is 10.5 Å². The van der Waals surface area contributed by atoms with Gasteiger partial charge in [-0.2, -0.15) is 0 Å². The van der Waals surface area contributed by atoms with Gasteiger partial charge in [0.25, 0.3) is 0 Å². The number of rotatable bonds is 2. The number of hydrogen-bond donors (Lipinski definition) is 1. The zero-order chi connectivity index (χ0) is 13.6. The Morgan fingerprint density at radius 3 is 2.50 bits per heavy atom. The first-order valence-electron chi connectivity index (χ1n) is 5.81. The molecule has 1 fully saturated rings. The second-order valence-electron chi connectivity index (χ2n) is 5.34. The maximum atomic E-state index is 12.1. The fourth-order valence-corrected chi connectivity index (χ4v) is 2.45. The van der Waals surface area contributed by atoms with Crippen molar-refractivity contribution in [2.75, 3.05) is 0 Å². The van der Waals surface area contributed by atoms with Crippen LogP contribution in [0.3, 0.4) is 0 Å². The van der Waals surface area contributed by atoms with Crippen molar-refractivity contribution >= 4 is 0 Å². The van der Waals surface area contributed by atoms with Gasteiger partial charge >= 0.3 is 6.36 Å². The number of benzene rings is 1. The molecule has 0 radical (unpaired) electrons. The molecule has 0 aliphatic heterocycles. The predicted octanol–water partition coefficient (Wildman–Crippen LogP) is 3.43. The smallest absolute Gasteiger partial charge is 0.406 e. The van der Waals surface area contributed by atoms with Crippen LogP contribution in [-0.4, -0.2) is 12.4 Å². The second-order valence-corrected chi connectivity index (χ2v) is 5.34. The minimum atomic E-state index is -4.65. The molecule has 2 nitrogen and oxygen atoms in total. The van der Waals surface area contributed by atoms with Crippen molar-refractivity contribution in [3.8, 4) is 5.75 Å². The van der Waals surface area contributed by atoms with Crippen molar-refractivity contribution in [3.05, 3.63) is 29.8 Å². The fraction of sp³-hybridized carbons (Fsp3) is 0.538. The summed E-state index contributed by atoms with van der Waals surface area (Å²) in [5.74, 6) is 0.0144. The van der Waals surface area contributed by atoms with Crippen LogP contribution in [-0.2, 0) is 0 Å². The molecular formula is C13H16F3NO. The quantitative estimate of drug-likeness (QED) is 0.883. The second kappa shape index (κ2) is 4.16. The van der Waals surface area contributed by atoms with E-state index < -0.39 is 6.36 Å². The molecule has 1 saturated carbocycles. The van der Waals surface area contributed by atoms with Crippen LogP contribution in [0.25, 0.3) is 0 Å². The normalized spacial score (nSPS) is 26.6. The third-order valence-electron chi connectivity index (χ3n) is 3.84. The highest BCUT2D eigenvalue weighted by molar-refractivity contribution is 5.34. The zero-order valence-corrected chi connectivity index (χ0v) is 10.3. The summed E-state index contributed by atoms with van der Waals surface area (Å²) in [6.45, 7) is 4.06. The topological polar surface area (TPSA) is 35.2 Å². The molecule has 0 spiro atoms. The average Bonchev–Trinajstić information content (AvgIpc) is 2.23. The Morgan fingerprint density at radius 1 is 1.33 bits per heavy atom. The Kier molecular flexibility index (Phi) is 3.05. The Morgan fingerprint density at radius 2 is 2.00 bits per heavy atom. The number of halogens is 3. The molecule has 2 atom stereocenters. The fourth-order valence-electron chi connectivity index (χ4n) is 2.45. The maximum Gasteiger partial charge on any atom is 0.573 e. The van der Waals surface area contributed by atoms with Gasteiger partial charge in [-0.25, -0.2) is 0 Å². The van der Waals surface area contributed by atoms with Gasteiger partial charge in [-0.15, -0.1) is 13.2 Å². The van der Waals surface area contributed by atoms with Gasteiger partial charge in [0.2, 0.25) is 0 Å². The van der Waals surface area contributed by atoms with E-state index in [1.807, 2.05) is 19.9 Å². The molecule has 2 unspecified atom stereocenters. The van der Waals surface area contributed by atoms with Gasteiger partial charge in [-0.3, -0.25) is 0 Å². The van der Waals surface area contributed by atoms with Crippen molar-refractivity contribution in [2.45, 2.75) is 38.6 Å². The predicted molar refractivity (Wildman–Crippen MR) is 62.2 cm³/mol. The standard InChI is InChI=1S/C13H16F3NO/c1-12(2)10(7-11(12)17)8-4-3-5-9(6-8)18-13(14,15)16/h3-6,10-11H,7,17H2,1-2H3. The zero-order valence-electron chi connectivity index (χ0n) is 10.3. The molecule has 2 N–H and O–H groups in total. The molecule has 0 aromatic heterocycles. The van der Waals surface area contributed by atoms with Crippen molar-refractivity contribution in [1.82, 2.24) is 0 Å². The number of ether oxygens (including phenoxy) is 1. The van der Waals surface area contributed by atoms with E-state index in [9.17, 15) is 13.2 Å². The molecule has 0 heterocycles. The van der Waals surface area contributed by atoms with Crippen LogP contribution in [0.4, 0.5) is 13.2 Å². The Labute approximate surface area is 104 Å². The number of nitrogens with two attached hydrogens (primary N) is 1. The molecular weight excluding hydrogens is 243 g/mol. The molecule has 18 heavy (non-hydrogen) atoms. The summed E-state index contributed by atoms with van der Waals surface area (Å²) in [7, 11) is 0. The molecule has 1 aromatic carbocycles. The van der Waals surface area contributed by atoms with E-state index in [1.165, 1.54) is 12.1 Å². The monoisotopic (exact) mass is 259 g/mol. The summed E-state index contributed by atoms with van der Waals surface area (Å²) in [5, 5.41) is 0. The van der Waals surface area contributed by atoms with Crippen LogP contribution in [0, 0.1) is 5.41 Å². The lowest BCUT2D eigenvalue weighted by atomic mass is 9.57. The maximum absolute atomic E-state index is 12.1. The minimum absolute atomic E-state index is 0.0865. The van der Waals surface area contributed by atoms with E-state index in [1.54, 1.807) is 6.07 Å². The summed E-state index contributed by atoms with van der Waals surface area (Å²) in [6.07, 6.45) is -3.85. The summed E-state index contributed by atoms with van der Waals surface area (Å²) < 4.78 is 40.4. The van der Waals surface area contributed by atoms with Crippen molar-refractivity contribution in [3.63, 3.8) is 0 Å². The molecule has 1 aliphatic carbocycles. The molecule has 5 heteroatoms. The average molecular weight is 259 g/mol. The van der Waals surface area contributed by atoms with Crippen molar-refractivity contribution < 1.29 is 17.9 Å². The largest absolute Gasteiger partial charge is 0.573 e. The van der Waals surface area contributed by atoms with Gasteiger partial charge in [0, 0.05) is 6.04 Å². The van der Waals surface area contributed by atoms with Crippen LogP contribution in [0.2, 0.25) is 0 Å². The van der Waals surface area contributed by atoms with Crippen molar-refractivity contribution in [2.24, 2.45) is 11.1 Å². The van der Waals surface area contributed by atoms with E-state index in [0.717, 1.165) is 12.0 Å². The molecule has 1 aromatic rings. The van der Waals surface area contributed by atoms with Gasteiger partial charge in [0.05, 0.1) is 0 Å². The van der Waals surface area contributed by atoms with Gasteiger partial charge in [0.15, 0.2) is 0 Å². The Balaban J connectivity index is 2.19. The molecule has 0 bridgehead atoms. The highest BCUT2D eigenvalue weighted by Crippen LogP contribution is 2.51. The summed E-state index contributed by atoms with van der Waals surface area (Å²) in [4.78, 5) is 0. The Bertz CT molecular complexity index is 442. The summed E-state index contributed by atoms with van der Waals surface area (Å²) in [5.41, 5.74) is 6.68. The number of alkyl halides is 3. The van der Waals surface area contributed by atoms with Gasteiger partial charge in [-0.1, -0.05) is 26.0 Å². The minimum Gasteiger partial charge on any atom is -0.406 e. The molecule has 0 amide bonds. The summed E-state index contributed by atoms with van der Waals surface area (Å²) in [6, 6.07) is 6.25. The SMILES string of the molecule is CC1(C)C(N)CC1c1cccc(OC(F)(F)F)c1. The summed E-state index contributed by atoms with van der Waals surface area (Å²) >= 11 is 0. The van der Waals surface area contributed by atoms with Crippen LogP contribution in [0.5, 0.6) is 5.75 Å². The third-order valence-corrected chi connectivity index (χ3v) is 3.84. The van der Waals surface area contributed by atoms with E-state index >= 15 is 0 Å². The lowest BCUT2D eigenvalue weighted by Crippen LogP contribution is -2.52. The van der Waals surface area contributed by atoms with Crippen LogP contribution in [0.15, 0.2) is 24.3 Å². The molecule has 2 rings (SSSR count). The number of hydrogen-bond acceptors (Lipinski definition) is 2. The van der Waals surface area contributed by atoms with Crippen LogP contribution in [0.1, 0.15) is 31.7 Å². The van der Waals surface area contributed by atoms with E-state index in [-0.39, 0.29) is 23.1 Å². The third kappa shape index (κ3) is 2.46. The van der Waals surface area contributed by atoms with Crippen LogP contribution >= 0.6 is 0 Å². The highest BCUT2D eigenvalue weighted by atomic mass is 19.4. The molecule has 100 valence electrons. The van der Waals surface area contributed by atoms with Crippen molar-refractivity contribution in [1.29, 1.82) is 0 Å². The Hall–Kier alpha value is -1.23. The molecule has 0 saturated heterocycles. The highest BCUT2D eigenvalue weighted by Gasteiger charge is 2.46. The first-order valence-corrected chi connectivity index (χ1v) is 5.81. The van der Waals surface area contributed by atoms with E-state index in [4.69, 9.17) is 5.73 Å². The lowest BCUT2D eigenvalue weighted by molar-refractivity contribution is -0.274. The van der Waals surface area contributed by atoms with Gasteiger partial charge in [0.1, 0.15) is 5.75 Å². The van der Waals surface area contributed by atoms with E-state index in [2.05, 4.69) is 4.74 Å². The first-order chi connectivity index (χ1) is 8.20. The molecule has 1 aliphatic rings. The van der Waals surface area contributed by atoms with E-state index in [0.29, 0.717) is 0 Å². The first kappa shape index (κ1) is 13.2. The lowest BCUT2D eigenvalue weighted by Gasteiger charge is -2.50. The van der Waals surface area contributed by atoms with Gasteiger partial charge in [-0.05, 0) is 35.4 Å².